The Balaban J connectivity index is 2.56. The molecule has 2 aliphatic rings. The van der Waals surface area contributed by atoms with Crippen molar-refractivity contribution in [2.75, 3.05) is 7.11 Å². The lowest BCUT2D eigenvalue weighted by Gasteiger charge is -2.56. The minimum Gasteiger partial charge on any atom is -0.356 e. The molecule has 9 atom stereocenters. The van der Waals surface area contributed by atoms with Gasteiger partial charge in [0.2, 0.25) is 0 Å². The van der Waals surface area contributed by atoms with E-state index in [4.69, 9.17) is 9.47 Å². The summed E-state index contributed by atoms with van der Waals surface area (Å²) >= 11 is 0. The van der Waals surface area contributed by atoms with Gasteiger partial charge in [0.25, 0.3) is 0 Å². The van der Waals surface area contributed by atoms with E-state index in [2.05, 4.69) is 55.4 Å². The molecule has 0 aliphatic heterocycles. The quantitative estimate of drug-likeness (QED) is 0.548. The lowest BCUT2D eigenvalue weighted by molar-refractivity contribution is -0.171. The first kappa shape index (κ1) is 21.2. The third-order valence-corrected chi connectivity index (χ3v) is 8.37. The first-order chi connectivity index (χ1) is 11.4. The Morgan fingerprint density at radius 2 is 1.44 bits per heavy atom. The summed E-state index contributed by atoms with van der Waals surface area (Å²) in [5.74, 6) is 4.25. The molecule has 2 aliphatic carbocycles. The average Bonchev–Trinajstić information content (AvgIpc) is 2.65. The normalized spacial score (nSPS) is 47.0. The van der Waals surface area contributed by atoms with Gasteiger partial charge in [-0.15, -0.1) is 0 Å². The minimum atomic E-state index is -0.117. The number of rotatable bonds is 3. The van der Waals surface area contributed by atoms with E-state index >= 15 is 0 Å². The van der Waals surface area contributed by atoms with Crippen molar-refractivity contribution in [3.8, 4) is 0 Å². The van der Waals surface area contributed by atoms with E-state index in [1.54, 1.807) is 7.11 Å². The van der Waals surface area contributed by atoms with Crippen LogP contribution in [0.15, 0.2) is 0 Å². The van der Waals surface area contributed by atoms with Gasteiger partial charge in [-0.05, 0) is 59.7 Å². The zero-order valence-electron chi connectivity index (χ0n) is 18.6. The number of ether oxygens (including phenoxy) is 2. The molecule has 0 aromatic rings. The second-order valence-electron chi connectivity index (χ2n) is 10.7. The molecule has 148 valence electrons. The maximum Gasteiger partial charge on any atom is 0.154 e. The lowest BCUT2D eigenvalue weighted by atomic mass is 9.49. The summed E-state index contributed by atoms with van der Waals surface area (Å²) in [5.41, 5.74) is 0.620. The van der Waals surface area contributed by atoms with Crippen LogP contribution in [0.5, 0.6) is 0 Å². The number of methoxy groups -OCH3 is 1. The molecule has 0 aromatic carbocycles. The zero-order valence-corrected chi connectivity index (χ0v) is 18.6. The van der Waals surface area contributed by atoms with E-state index in [0.29, 0.717) is 34.7 Å². The van der Waals surface area contributed by atoms with Crippen molar-refractivity contribution < 1.29 is 9.47 Å². The third-order valence-electron chi connectivity index (χ3n) is 8.37. The Hall–Kier alpha value is -0.0800. The van der Waals surface area contributed by atoms with Crippen LogP contribution in [0.4, 0.5) is 0 Å². The topological polar surface area (TPSA) is 18.5 Å². The van der Waals surface area contributed by atoms with Gasteiger partial charge < -0.3 is 9.47 Å². The van der Waals surface area contributed by atoms with Crippen molar-refractivity contribution in [1.82, 2.24) is 0 Å². The third kappa shape index (κ3) is 3.68. The lowest BCUT2D eigenvalue weighted by Crippen LogP contribution is -2.51. The van der Waals surface area contributed by atoms with E-state index in [0.717, 1.165) is 17.8 Å². The fraction of sp³-hybridized carbons (Fsp3) is 1.00. The minimum absolute atomic E-state index is 0.117. The van der Waals surface area contributed by atoms with Crippen LogP contribution in [-0.4, -0.2) is 19.5 Å². The molecule has 0 spiro atoms. The van der Waals surface area contributed by atoms with E-state index in [1.165, 1.54) is 19.3 Å². The van der Waals surface area contributed by atoms with Gasteiger partial charge in [-0.3, -0.25) is 0 Å². The Morgan fingerprint density at radius 1 is 0.920 bits per heavy atom. The van der Waals surface area contributed by atoms with Gasteiger partial charge in [0.05, 0.1) is 6.10 Å². The van der Waals surface area contributed by atoms with Crippen LogP contribution < -0.4 is 0 Å². The van der Waals surface area contributed by atoms with Gasteiger partial charge in [-0.2, -0.15) is 0 Å². The average molecular weight is 353 g/mol. The first-order valence-electron chi connectivity index (χ1n) is 10.6. The maximum absolute atomic E-state index is 6.42. The number of fused-ring (bicyclic) bond motifs is 2. The van der Waals surface area contributed by atoms with Crippen molar-refractivity contribution in [3.63, 3.8) is 0 Å². The van der Waals surface area contributed by atoms with E-state index in [1.807, 2.05) is 6.92 Å². The second kappa shape index (κ2) is 7.50. The zero-order chi connectivity index (χ0) is 19.2. The highest BCUT2D eigenvalue weighted by molar-refractivity contribution is 5.07. The van der Waals surface area contributed by atoms with Crippen molar-refractivity contribution >= 4 is 0 Å². The standard InChI is InChI=1S/C23H44O2/c1-14-11-12-15(2)21-17(4)19(25-18(5)24-10)13-16(3)20(14)23(21,9)22(6,7)8/h14-21H,11-13H2,1-10H3. The van der Waals surface area contributed by atoms with Crippen LogP contribution in [0.3, 0.4) is 0 Å². The Kier molecular flexibility index (Phi) is 6.37. The molecule has 2 saturated carbocycles. The molecular formula is C23H44O2. The Morgan fingerprint density at radius 3 is 1.92 bits per heavy atom. The predicted octanol–water partition coefficient (Wildman–Crippen LogP) is 6.39. The van der Waals surface area contributed by atoms with Crippen molar-refractivity contribution in [2.45, 2.75) is 94.0 Å². The van der Waals surface area contributed by atoms with Gasteiger partial charge in [0.15, 0.2) is 6.29 Å². The molecule has 0 saturated heterocycles. The Bertz CT molecular complexity index is 440. The molecule has 0 aromatic heterocycles. The molecular weight excluding hydrogens is 308 g/mol. The smallest absolute Gasteiger partial charge is 0.154 e. The fourth-order valence-electron chi connectivity index (χ4n) is 6.95. The molecule has 2 fully saturated rings. The van der Waals surface area contributed by atoms with Gasteiger partial charge in [0.1, 0.15) is 0 Å². The molecule has 0 radical (unpaired) electrons. The molecule has 0 amide bonds. The predicted molar refractivity (Wildman–Crippen MR) is 106 cm³/mol. The van der Waals surface area contributed by atoms with Gasteiger partial charge in [-0.1, -0.05) is 68.2 Å². The summed E-state index contributed by atoms with van der Waals surface area (Å²) in [4.78, 5) is 0. The molecule has 2 heteroatoms. The first-order valence-corrected chi connectivity index (χ1v) is 10.6. The monoisotopic (exact) mass is 352 g/mol. The summed E-state index contributed by atoms with van der Waals surface area (Å²) in [6, 6.07) is 0. The van der Waals surface area contributed by atoms with Crippen LogP contribution in [0.2, 0.25) is 0 Å². The summed E-state index contributed by atoms with van der Waals surface area (Å²) in [6.45, 7) is 22.1. The second-order valence-corrected chi connectivity index (χ2v) is 10.7. The van der Waals surface area contributed by atoms with Crippen LogP contribution in [0, 0.1) is 46.3 Å². The summed E-state index contributed by atoms with van der Waals surface area (Å²) in [5, 5.41) is 0. The highest BCUT2D eigenvalue weighted by atomic mass is 16.7. The van der Waals surface area contributed by atoms with Crippen molar-refractivity contribution in [3.05, 3.63) is 0 Å². The van der Waals surface area contributed by atoms with E-state index in [9.17, 15) is 0 Å². The fourth-order valence-corrected chi connectivity index (χ4v) is 6.95. The van der Waals surface area contributed by atoms with E-state index in [-0.39, 0.29) is 6.29 Å². The summed E-state index contributed by atoms with van der Waals surface area (Å²) < 4.78 is 11.9. The molecule has 2 nitrogen and oxygen atoms in total. The van der Waals surface area contributed by atoms with E-state index < -0.39 is 0 Å². The van der Waals surface area contributed by atoms with Gasteiger partial charge >= 0.3 is 0 Å². The van der Waals surface area contributed by atoms with Crippen molar-refractivity contribution in [2.24, 2.45) is 46.3 Å². The maximum atomic E-state index is 6.42. The largest absolute Gasteiger partial charge is 0.356 e. The van der Waals surface area contributed by atoms with Crippen molar-refractivity contribution in [1.29, 1.82) is 0 Å². The number of hydrogen-bond donors (Lipinski definition) is 0. The Labute approximate surface area is 157 Å². The highest BCUT2D eigenvalue weighted by Gasteiger charge is 2.59. The summed E-state index contributed by atoms with van der Waals surface area (Å²) in [7, 11) is 1.75. The van der Waals surface area contributed by atoms with Gasteiger partial charge in [-0.25, -0.2) is 0 Å². The molecule has 25 heavy (non-hydrogen) atoms. The molecule has 2 rings (SSSR count). The highest BCUT2D eigenvalue weighted by Crippen LogP contribution is 2.64. The van der Waals surface area contributed by atoms with Gasteiger partial charge in [0, 0.05) is 7.11 Å². The van der Waals surface area contributed by atoms with Crippen LogP contribution >= 0.6 is 0 Å². The SMILES string of the molecule is COC(C)OC1CC(C)C2C(C)CCC(C)C(C1C)C2(C)C(C)(C)C. The molecule has 0 heterocycles. The molecule has 2 bridgehead atoms. The van der Waals surface area contributed by atoms with Crippen LogP contribution in [-0.2, 0) is 9.47 Å². The molecule has 0 N–H and O–H groups in total. The van der Waals surface area contributed by atoms with Crippen LogP contribution in [0.25, 0.3) is 0 Å². The number of hydrogen-bond acceptors (Lipinski definition) is 2. The molecule has 9 unspecified atom stereocenters. The summed E-state index contributed by atoms with van der Waals surface area (Å²) in [6.07, 6.45) is 4.09. The van der Waals surface area contributed by atoms with Crippen LogP contribution in [0.1, 0.15) is 81.6 Å².